The van der Waals surface area contributed by atoms with E-state index in [1.807, 2.05) is 14.0 Å². The summed E-state index contributed by atoms with van der Waals surface area (Å²) in [6, 6.07) is 1.70. The maximum atomic E-state index is 12.4. The first-order valence-electron chi connectivity index (χ1n) is 5.91. The van der Waals surface area contributed by atoms with Crippen LogP contribution in [0.25, 0.3) is 0 Å². The van der Waals surface area contributed by atoms with Gasteiger partial charge in [-0.3, -0.25) is 0 Å². The predicted octanol–water partition coefficient (Wildman–Crippen LogP) is 1.69. The first-order chi connectivity index (χ1) is 8.86. The maximum Gasteiger partial charge on any atom is 0.243 e. The summed E-state index contributed by atoms with van der Waals surface area (Å²) in [5.74, 6) is 0. The smallest absolute Gasteiger partial charge is 0.243 e. The lowest BCUT2D eigenvalue weighted by Crippen LogP contribution is -2.46. The van der Waals surface area contributed by atoms with E-state index in [1.165, 1.54) is 11.3 Å². The molecule has 19 heavy (non-hydrogen) atoms. The molecule has 1 aromatic rings. The maximum absolute atomic E-state index is 12.4. The Balaban J connectivity index is 2.24. The Labute approximate surface area is 125 Å². The molecule has 5 nitrogen and oxygen atoms in total. The molecule has 0 amide bonds. The molecule has 1 aliphatic rings. The molecule has 1 atom stereocenters. The Bertz CT molecular complexity index is 550. The van der Waals surface area contributed by atoms with E-state index >= 15 is 0 Å². The van der Waals surface area contributed by atoms with E-state index in [4.69, 9.17) is 4.74 Å². The number of sulfonamides is 1. The molecule has 0 radical (unpaired) electrons. The van der Waals surface area contributed by atoms with Gasteiger partial charge in [-0.15, -0.1) is 11.3 Å². The largest absolute Gasteiger partial charge is 0.379 e. The molecule has 0 spiro atoms. The van der Waals surface area contributed by atoms with Crippen LogP contribution in [0, 0.1) is 0 Å². The van der Waals surface area contributed by atoms with Crippen LogP contribution in [0.4, 0.5) is 0 Å². The van der Waals surface area contributed by atoms with Gasteiger partial charge in [-0.05, 0) is 42.4 Å². The van der Waals surface area contributed by atoms with Crippen LogP contribution in [0.3, 0.4) is 0 Å². The number of hydrogen-bond donors (Lipinski definition) is 2. The number of halogens is 1. The van der Waals surface area contributed by atoms with E-state index in [1.54, 1.807) is 6.07 Å². The number of thiophene rings is 1. The summed E-state index contributed by atoms with van der Waals surface area (Å²) in [6.07, 6.45) is 0.692. The van der Waals surface area contributed by atoms with Crippen LogP contribution >= 0.6 is 27.3 Å². The molecule has 2 N–H and O–H groups in total. The van der Waals surface area contributed by atoms with Crippen molar-refractivity contribution in [3.63, 3.8) is 0 Å². The van der Waals surface area contributed by atoms with Crippen LogP contribution in [0.2, 0.25) is 0 Å². The molecule has 0 saturated carbocycles. The molecule has 1 aliphatic heterocycles. The van der Waals surface area contributed by atoms with Crippen molar-refractivity contribution in [1.29, 1.82) is 0 Å². The standard InChI is InChI=1S/C11H17BrN2O3S2/c1-11(3-4-17-7-11)14-19(15,16)9-5-8(6-13-2)18-10(9)12/h5,13-14H,3-4,6-7H2,1-2H3. The average Bonchev–Trinajstić information content (AvgIpc) is 2.85. The van der Waals surface area contributed by atoms with Gasteiger partial charge in [0.2, 0.25) is 10.0 Å². The third kappa shape index (κ3) is 3.56. The molecule has 1 aromatic heterocycles. The van der Waals surface area contributed by atoms with Crippen molar-refractivity contribution in [2.45, 2.75) is 30.3 Å². The van der Waals surface area contributed by atoms with Gasteiger partial charge < -0.3 is 10.1 Å². The van der Waals surface area contributed by atoms with Crippen LogP contribution < -0.4 is 10.0 Å². The summed E-state index contributed by atoms with van der Waals surface area (Å²) >= 11 is 4.76. The Morgan fingerprint density at radius 1 is 1.58 bits per heavy atom. The summed E-state index contributed by atoms with van der Waals surface area (Å²) in [7, 11) is -1.69. The summed E-state index contributed by atoms with van der Waals surface area (Å²) in [5.41, 5.74) is -0.511. The molecular formula is C11H17BrN2O3S2. The molecule has 0 aliphatic carbocycles. The van der Waals surface area contributed by atoms with Crippen molar-refractivity contribution >= 4 is 37.3 Å². The van der Waals surface area contributed by atoms with Gasteiger partial charge in [-0.25, -0.2) is 13.1 Å². The highest BCUT2D eigenvalue weighted by atomic mass is 79.9. The quantitative estimate of drug-likeness (QED) is 0.829. The third-order valence-corrected chi connectivity index (χ3v) is 6.84. The number of rotatable bonds is 5. The van der Waals surface area contributed by atoms with Crippen molar-refractivity contribution < 1.29 is 13.2 Å². The van der Waals surface area contributed by atoms with Gasteiger partial charge >= 0.3 is 0 Å². The van der Waals surface area contributed by atoms with Gasteiger partial charge in [-0.1, -0.05) is 0 Å². The second-order valence-electron chi connectivity index (χ2n) is 4.85. The van der Waals surface area contributed by atoms with E-state index in [0.29, 0.717) is 34.9 Å². The predicted molar refractivity (Wildman–Crippen MR) is 78.9 cm³/mol. The van der Waals surface area contributed by atoms with Crippen LogP contribution in [-0.4, -0.2) is 34.2 Å². The lowest BCUT2D eigenvalue weighted by molar-refractivity contribution is 0.178. The van der Waals surface area contributed by atoms with Crippen molar-refractivity contribution in [2.75, 3.05) is 20.3 Å². The normalized spacial score (nSPS) is 23.9. The number of nitrogens with one attached hydrogen (secondary N) is 2. The minimum Gasteiger partial charge on any atom is -0.379 e. The summed E-state index contributed by atoms with van der Waals surface area (Å²) in [5, 5.41) is 3.01. The summed E-state index contributed by atoms with van der Waals surface area (Å²) in [4.78, 5) is 1.28. The monoisotopic (exact) mass is 368 g/mol. The Hall–Kier alpha value is 0.01000. The fourth-order valence-electron chi connectivity index (χ4n) is 1.97. The van der Waals surface area contributed by atoms with E-state index in [9.17, 15) is 8.42 Å². The van der Waals surface area contributed by atoms with Gasteiger partial charge in [-0.2, -0.15) is 0 Å². The topological polar surface area (TPSA) is 67.4 Å². The second-order valence-corrected chi connectivity index (χ2v) is 8.96. The summed E-state index contributed by atoms with van der Waals surface area (Å²) in [6.45, 7) is 3.53. The molecular weight excluding hydrogens is 352 g/mol. The molecule has 0 aromatic carbocycles. The Morgan fingerprint density at radius 3 is 2.89 bits per heavy atom. The zero-order valence-electron chi connectivity index (χ0n) is 10.8. The van der Waals surface area contributed by atoms with Crippen LogP contribution in [-0.2, 0) is 21.3 Å². The Morgan fingerprint density at radius 2 is 2.32 bits per heavy atom. The van der Waals surface area contributed by atoms with Gasteiger partial charge in [0, 0.05) is 18.0 Å². The molecule has 1 unspecified atom stereocenters. The molecule has 1 saturated heterocycles. The van der Waals surface area contributed by atoms with E-state index in [0.717, 1.165) is 4.88 Å². The van der Waals surface area contributed by atoms with E-state index in [-0.39, 0.29) is 0 Å². The average molecular weight is 369 g/mol. The van der Waals surface area contributed by atoms with Crippen molar-refractivity contribution in [3.8, 4) is 0 Å². The SMILES string of the molecule is CNCc1cc(S(=O)(=O)NC2(C)CCOC2)c(Br)s1. The van der Waals surface area contributed by atoms with Crippen molar-refractivity contribution in [1.82, 2.24) is 10.0 Å². The zero-order chi connectivity index (χ0) is 14.1. The molecule has 0 bridgehead atoms. The van der Waals surface area contributed by atoms with Gasteiger partial charge in [0.1, 0.15) is 4.90 Å². The minimum absolute atomic E-state index is 0.302. The third-order valence-electron chi connectivity index (χ3n) is 2.95. The number of hydrogen-bond acceptors (Lipinski definition) is 5. The van der Waals surface area contributed by atoms with E-state index < -0.39 is 15.6 Å². The van der Waals surface area contributed by atoms with Crippen molar-refractivity contribution in [3.05, 3.63) is 14.7 Å². The lowest BCUT2D eigenvalue weighted by atomic mass is 10.0. The molecule has 1 fully saturated rings. The summed E-state index contributed by atoms with van der Waals surface area (Å²) < 4.78 is 33.5. The van der Waals surface area contributed by atoms with Crippen LogP contribution in [0.15, 0.2) is 14.7 Å². The van der Waals surface area contributed by atoms with Gasteiger partial charge in [0.25, 0.3) is 0 Å². The zero-order valence-corrected chi connectivity index (χ0v) is 14.0. The highest BCUT2D eigenvalue weighted by molar-refractivity contribution is 9.11. The highest BCUT2D eigenvalue weighted by Crippen LogP contribution is 2.33. The molecule has 108 valence electrons. The second kappa shape index (κ2) is 5.79. The Kier molecular flexibility index (Phi) is 4.69. The fraction of sp³-hybridized carbons (Fsp3) is 0.636. The number of ether oxygens (including phenoxy) is 1. The molecule has 2 heterocycles. The highest BCUT2D eigenvalue weighted by Gasteiger charge is 2.35. The van der Waals surface area contributed by atoms with Crippen molar-refractivity contribution in [2.24, 2.45) is 0 Å². The minimum atomic E-state index is -3.52. The van der Waals surface area contributed by atoms with Gasteiger partial charge in [0.05, 0.1) is 15.9 Å². The molecule has 2 rings (SSSR count). The van der Waals surface area contributed by atoms with Crippen LogP contribution in [0.5, 0.6) is 0 Å². The van der Waals surface area contributed by atoms with Crippen LogP contribution in [0.1, 0.15) is 18.2 Å². The molecule has 8 heteroatoms. The first-order valence-corrected chi connectivity index (χ1v) is 9.00. The van der Waals surface area contributed by atoms with E-state index in [2.05, 4.69) is 26.0 Å². The lowest BCUT2D eigenvalue weighted by Gasteiger charge is -2.22. The van der Waals surface area contributed by atoms with Gasteiger partial charge in [0.15, 0.2) is 0 Å². The first kappa shape index (κ1) is 15.4. The fourth-order valence-corrected chi connectivity index (χ4v) is 6.09.